The van der Waals surface area contributed by atoms with Crippen LogP contribution in [-0.2, 0) is 0 Å². The predicted octanol–water partition coefficient (Wildman–Crippen LogP) is 8.65. The van der Waals surface area contributed by atoms with Gasteiger partial charge in [0, 0.05) is 22.5 Å². The van der Waals surface area contributed by atoms with E-state index in [0.717, 1.165) is 38.2 Å². The average molecular weight is 423 g/mol. The maximum absolute atomic E-state index is 15.2. The highest BCUT2D eigenvalue weighted by Crippen LogP contribution is 2.42. The van der Waals surface area contributed by atoms with E-state index in [1.165, 1.54) is 21.5 Å². The Morgan fingerprint density at radius 2 is 1.09 bits per heavy atom. The molecule has 1 nitrogen and oxygen atoms in total. The molecule has 6 aromatic carbocycles. The zero-order valence-corrected chi connectivity index (χ0v) is 17.7. The molecule has 0 amide bonds. The summed E-state index contributed by atoms with van der Waals surface area (Å²) in [6.07, 6.45) is 1.79. The SMILES string of the molecule is Fc1ccc(-c2ccccn2)c2c1ccc1ccc3ccc4ccc5ccccc5c4c3c12. The molecule has 0 bridgehead atoms. The lowest BCUT2D eigenvalue weighted by Crippen LogP contribution is -1.91. The molecule has 33 heavy (non-hydrogen) atoms. The van der Waals surface area contributed by atoms with Crippen molar-refractivity contribution in [3.8, 4) is 11.3 Å². The number of hydrogen-bond acceptors (Lipinski definition) is 1. The monoisotopic (exact) mass is 423 g/mol. The normalized spacial score (nSPS) is 11.8. The maximum Gasteiger partial charge on any atom is 0.131 e. The number of nitrogens with zero attached hydrogens (tertiary/aromatic N) is 1. The van der Waals surface area contributed by atoms with E-state index in [-0.39, 0.29) is 5.82 Å². The number of halogens is 1. The largest absolute Gasteiger partial charge is 0.256 e. The van der Waals surface area contributed by atoms with Crippen LogP contribution in [0.3, 0.4) is 0 Å². The van der Waals surface area contributed by atoms with Gasteiger partial charge in [0.1, 0.15) is 5.82 Å². The molecule has 0 atom stereocenters. The molecule has 7 rings (SSSR count). The van der Waals surface area contributed by atoms with Crippen LogP contribution in [0.4, 0.5) is 4.39 Å². The molecule has 0 aliphatic rings. The number of aromatic nitrogens is 1. The Labute approximate surface area is 189 Å². The summed E-state index contributed by atoms with van der Waals surface area (Å²) in [6, 6.07) is 34.7. The number of rotatable bonds is 1. The Morgan fingerprint density at radius 3 is 1.85 bits per heavy atom. The van der Waals surface area contributed by atoms with Crippen molar-refractivity contribution in [1.29, 1.82) is 0 Å². The summed E-state index contributed by atoms with van der Waals surface area (Å²) in [4.78, 5) is 4.61. The van der Waals surface area contributed by atoms with E-state index in [0.29, 0.717) is 5.39 Å². The summed E-state index contributed by atoms with van der Waals surface area (Å²) in [5.41, 5.74) is 1.79. The smallest absolute Gasteiger partial charge is 0.131 e. The Kier molecular flexibility index (Phi) is 3.80. The van der Waals surface area contributed by atoms with Gasteiger partial charge < -0.3 is 0 Å². The van der Waals surface area contributed by atoms with Crippen LogP contribution in [0, 0.1) is 5.82 Å². The highest BCUT2D eigenvalue weighted by atomic mass is 19.1. The standard InChI is InChI=1S/C31H18FN/c32-26-17-16-25(27-7-3-4-18-33-27)31-24(26)15-14-22-13-12-21-11-10-20-9-8-19-5-1-2-6-23(19)28(20)29(21)30(22)31/h1-18H. The van der Waals surface area contributed by atoms with Gasteiger partial charge in [0.2, 0.25) is 0 Å². The topological polar surface area (TPSA) is 12.9 Å². The number of hydrogen-bond donors (Lipinski definition) is 0. The molecule has 1 aromatic heterocycles. The molecule has 7 aromatic rings. The fraction of sp³-hybridized carbons (Fsp3) is 0. The average Bonchev–Trinajstić information content (AvgIpc) is 2.88. The third kappa shape index (κ3) is 2.61. The van der Waals surface area contributed by atoms with E-state index in [1.807, 2.05) is 36.4 Å². The first-order valence-corrected chi connectivity index (χ1v) is 11.1. The molecule has 0 fully saturated rings. The van der Waals surface area contributed by atoms with Crippen molar-refractivity contribution < 1.29 is 4.39 Å². The molecule has 0 spiro atoms. The summed E-state index contributed by atoms with van der Waals surface area (Å²) in [5.74, 6) is -0.214. The Balaban J connectivity index is 1.83. The van der Waals surface area contributed by atoms with E-state index in [4.69, 9.17) is 0 Å². The van der Waals surface area contributed by atoms with Gasteiger partial charge in [0.25, 0.3) is 0 Å². The molecule has 154 valence electrons. The van der Waals surface area contributed by atoms with Crippen molar-refractivity contribution in [3.05, 3.63) is 115 Å². The van der Waals surface area contributed by atoms with Crippen LogP contribution in [0.15, 0.2) is 109 Å². The van der Waals surface area contributed by atoms with E-state index < -0.39 is 0 Å². The highest BCUT2D eigenvalue weighted by Gasteiger charge is 2.16. The zero-order valence-electron chi connectivity index (χ0n) is 17.7. The van der Waals surface area contributed by atoms with Crippen molar-refractivity contribution in [2.75, 3.05) is 0 Å². The number of fused-ring (bicyclic) bond motifs is 9. The molecule has 0 unspecified atom stereocenters. The zero-order chi connectivity index (χ0) is 21.9. The fourth-order valence-electron chi connectivity index (χ4n) is 5.27. The first kappa shape index (κ1) is 18.3. The van der Waals surface area contributed by atoms with Gasteiger partial charge in [-0.05, 0) is 67.4 Å². The Morgan fingerprint density at radius 1 is 0.455 bits per heavy atom. The minimum atomic E-state index is -0.214. The molecule has 2 heteroatoms. The van der Waals surface area contributed by atoms with Crippen molar-refractivity contribution in [2.45, 2.75) is 0 Å². The van der Waals surface area contributed by atoms with E-state index >= 15 is 4.39 Å². The van der Waals surface area contributed by atoms with E-state index in [2.05, 4.69) is 65.6 Å². The van der Waals surface area contributed by atoms with E-state index in [9.17, 15) is 0 Å². The second-order valence-corrected chi connectivity index (χ2v) is 8.51. The highest BCUT2D eigenvalue weighted by molar-refractivity contribution is 6.33. The fourth-order valence-corrected chi connectivity index (χ4v) is 5.27. The molecule has 0 saturated heterocycles. The summed E-state index contributed by atoms with van der Waals surface area (Å²) >= 11 is 0. The number of pyridine rings is 1. The van der Waals surface area contributed by atoms with Crippen molar-refractivity contribution >= 4 is 53.9 Å². The van der Waals surface area contributed by atoms with Crippen LogP contribution in [0.25, 0.3) is 65.1 Å². The molecular weight excluding hydrogens is 405 g/mol. The second-order valence-electron chi connectivity index (χ2n) is 8.51. The third-order valence-electron chi connectivity index (χ3n) is 6.74. The molecule has 1 heterocycles. The summed E-state index contributed by atoms with van der Waals surface area (Å²) in [5, 5.41) is 10.8. The number of benzene rings is 6. The molecule has 0 aliphatic heterocycles. The summed E-state index contributed by atoms with van der Waals surface area (Å²) in [6.45, 7) is 0. The van der Waals surface area contributed by atoms with Crippen LogP contribution in [0.2, 0.25) is 0 Å². The minimum absolute atomic E-state index is 0.214. The van der Waals surface area contributed by atoms with Gasteiger partial charge in [-0.15, -0.1) is 0 Å². The molecular formula is C31H18FN. The van der Waals surface area contributed by atoms with Gasteiger partial charge in [0.15, 0.2) is 0 Å². The first-order valence-electron chi connectivity index (χ1n) is 11.1. The quantitative estimate of drug-likeness (QED) is 0.241. The first-order chi connectivity index (χ1) is 16.3. The third-order valence-corrected chi connectivity index (χ3v) is 6.74. The van der Waals surface area contributed by atoms with Crippen molar-refractivity contribution in [2.24, 2.45) is 0 Å². The van der Waals surface area contributed by atoms with Gasteiger partial charge in [-0.3, -0.25) is 4.98 Å². The van der Waals surface area contributed by atoms with Crippen LogP contribution < -0.4 is 0 Å². The second kappa shape index (κ2) is 6.85. The van der Waals surface area contributed by atoms with Crippen LogP contribution in [0.5, 0.6) is 0 Å². The lowest BCUT2D eigenvalue weighted by atomic mass is 9.88. The van der Waals surface area contributed by atoms with Gasteiger partial charge in [-0.25, -0.2) is 4.39 Å². The van der Waals surface area contributed by atoms with Crippen molar-refractivity contribution in [3.63, 3.8) is 0 Å². The summed E-state index contributed by atoms with van der Waals surface area (Å²) < 4.78 is 15.2. The molecule has 0 N–H and O–H groups in total. The lowest BCUT2D eigenvalue weighted by Gasteiger charge is -2.15. The van der Waals surface area contributed by atoms with Gasteiger partial charge >= 0.3 is 0 Å². The minimum Gasteiger partial charge on any atom is -0.256 e. The predicted molar refractivity (Wildman–Crippen MR) is 137 cm³/mol. The van der Waals surface area contributed by atoms with Gasteiger partial charge in [0.05, 0.1) is 5.69 Å². The molecule has 0 aliphatic carbocycles. The molecule has 0 saturated carbocycles. The van der Waals surface area contributed by atoms with Gasteiger partial charge in [-0.2, -0.15) is 0 Å². The molecule has 0 radical (unpaired) electrons. The van der Waals surface area contributed by atoms with Crippen LogP contribution >= 0.6 is 0 Å². The van der Waals surface area contributed by atoms with E-state index in [1.54, 1.807) is 12.3 Å². The summed E-state index contributed by atoms with van der Waals surface area (Å²) in [7, 11) is 0. The lowest BCUT2D eigenvalue weighted by molar-refractivity contribution is 0.640. The Hall–Kier alpha value is -4.30. The van der Waals surface area contributed by atoms with Crippen molar-refractivity contribution in [1.82, 2.24) is 4.98 Å². The van der Waals surface area contributed by atoms with Crippen LogP contribution in [0.1, 0.15) is 0 Å². The van der Waals surface area contributed by atoms with Gasteiger partial charge in [-0.1, -0.05) is 78.9 Å². The Bertz CT molecular complexity index is 1860. The van der Waals surface area contributed by atoms with Crippen LogP contribution in [-0.4, -0.2) is 4.98 Å². The maximum atomic E-state index is 15.2.